The second-order valence-corrected chi connectivity index (χ2v) is 11.4. The molecule has 2 aliphatic carbocycles. The number of aliphatic hydroxyl groups excluding tert-OH is 1. The van der Waals surface area contributed by atoms with Gasteiger partial charge in [-0.25, -0.2) is 4.98 Å². The second kappa shape index (κ2) is 12.0. The highest BCUT2D eigenvalue weighted by atomic mass is 35.5. The molecule has 3 aromatic rings. The molecule has 3 aliphatic rings. The molecule has 1 heterocycles. The fraction of sp³-hybridized carbons (Fsp3) is 0.273. The van der Waals surface area contributed by atoms with E-state index in [4.69, 9.17) is 33.2 Å². The van der Waals surface area contributed by atoms with Crippen LogP contribution in [0.1, 0.15) is 50.5 Å². The molecular weight excluding hydrogens is 539 g/mol. The Labute approximate surface area is 244 Å². The molecule has 1 fully saturated rings. The van der Waals surface area contributed by atoms with Crippen LogP contribution >= 0.6 is 23.2 Å². The summed E-state index contributed by atoms with van der Waals surface area (Å²) in [4.78, 5) is 10.4. The first-order valence-corrected chi connectivity index (χ1v) is 14.8. The predicted octanol–water partition coefficient (Wildman–Crippen LogP) is 8.69. The van der Waals surface area contributed by atoms with Crippen LogP contribution in [0.5, 0.6) is 0 Å². The van der Waals surface area contributed by atoms with E-state index in [2.05, 4.69) is 22.0 Å². The summed E-state index contributed by atoms with van der Waals surface area (Å²) in [5, 5.41) is 15.7. The van der Waals surface area contributed by atoms with Gasteiger partial charge in [-0.05, 0) is 91.2 Å². The van der Waals surface area contributed by atoms with E-state index >= 15 is 0 Å². The molecule has 6 rings (SSSR count). The molecule has 0 unspecified atom stereocenters. The van der Waals surface area contributed by atoms with Gasteiger partial charge in [-0.1, -0.05) is 61.4 Å². The molecule has 0 amide bonds. The number of fused-ring (bicyclic) bond motifs is 2. The summed E-state index contributed by atoms with van der Waals surface area (Å²) >= 11 is 12.4. The van der Waals surface area contributed by atoms with Crippen LogP contribution < -0.4 is 10.7 Å². The van der Waals surface area contributed by atoms with E-state index in [1.807, 2.05) is 66.7 Å². The Kier molecular flexibility index (Phi) is 8.05. The summed E-state index contributed by atoms with van der Waals surface area (Å²) in [5.74, 6) is 0. The lowest BCUT2D eigenvalue weighted by molar-refractivity contribution is 0.282. The van der Waals surface area contributed by atoms with Gasteiger partial charge in [0, 0.05) is 21.4 Å². The third-order valence-corrected chi connectivity index (χ3v) is 8.15. The zero-order valence-electron chi connectivity index (χ0n) is 22.3. The van der Waals surface area contributed by atoms with Crippen LogP contribution in [0.15, 0.2) is 83.9 Å². The van der Waals surface area contributed by atoms with Crippen LogP contribution in [-0.2, 0) is 6.61 Å². The summed E-state index contributed by atoms with van der Waals surface area (Å²) in [5.41, 5.74) is 7.17. The van der Waals surface area contributed by atoms with Crippen molar-refractivity contribution in [3.8, 4) is 17.1 Å². The molecule has 0 spiro atoms. The lowest BCUT2D eigenvalue weighted by atomic mass is 9.97. The first kappa shape index (κ1) is 26.8. The third kappa shape index (κ3) is 5.87. The zero-order valence-corrected chi connectivity index (χ0v) is 23.8. The summed E-state index contributed by atoms with van der Waals surface area (Å²) in [6.07, 6.45) is 8.52. The molecule has 7 heteroatoms. The topological polar surface area (TPSA) is 62.4 Å². The Balaban J connectivity index is 1.60. The van der Waals surface area contributed by atoms with Gasteiger partial charge < -0.3 is 15.0 Å². The van der Waals surface area contributed by atoms with E-state index in [-0.39, 0.29) is 12.6 Å². The van der Waals surface area contributed by atoms with Crippen LogP contribution in [0.25, 0.3) is 28.1 Å². The van der Waals surface area contributed by atoms with Crippen LogP contribution in [0.4, 0.5) is 11.4 Å². The summed E-state index contributed by atoms with van der Waals surface area (Å²) in [7, 11) is 0. The van der Waals surface area contributed by atoms with Gasteiger partial charge in [-0.2, -0.15) is 0 Å². The number of aromatic nitrogens is 2. The van der Waals surface area contributed by atoms with Gasteiger partial charge in [0.15, 0.2) is 0 Å². The molecule has 1 saturated carbocycles. The minimum absolute atomic E-state index is 0.0425. The number of benzene rings is 4. The van der Waals surface area contributed by atoms with Gasteiger partial charge in [0.05, 0.1) is 46.1 Å². The van der Waals surface area contributed by atoms with Crippen LogP contribution in [-0.4, -0.2) is 20.7 Å². The molecule has 0 atom stereocenters. The molecule has 0 bridgehead atoms. The number of nitrogens with one attached hydrogen (secondary N) is 1. The van der Waals surface area contributed by atoms with E-state index in [0.717, 1.165) is 63.2 Å². The van der Waals surface area contributed by atoms with E-state index in [1.165, 1.54) is 32.1 Å². The van der Waals surface area contributed by atoms with Gasteiger partial charge in [-0.3, -0.25) is 4.99 Å². The van der Waals surface area contributed by atoms with Crippen molar-refractivity contribution in [2.45, 2.75) is 57.6 Å². The van der Waals surface area contributed by atoms with Gasteiger partial charge in [0.25, 0.3) is 0 Å². The van der Waals surface area contributed by atoms with Gasteiger partial charge in [0.2, 0.25) is 0 Å². The largest absolute Gasteiger partial charge is 0.392 e. The average Bonchev–Trinajstić information content (AvgIpc) is 2.95. The lowest BCUT2D eigenvalue weighted by Crippen LogP contribution is -2.19. The Bertz CT molecular complexity index is 1650. The van der Waals surface area contributed by atoms with E-state index in [1.54, 1.807) is 0 Å². The third-order valence-electron chi connectivity index (χ3n) is 7.64. The number of nitrogens with zero attached hydrogens (tertiary/aromatic N) is 3. The number of aliphatic hydroxyl groups is 1. The van der Waals surface area contributed by atoms with Crippen LogP contribution in [0, 0.1) is 0 Å². The predicted molar refractivity (Wildman–Crippen MR) is 165 cm³/mol. The fourth-order valence-electron chi connectivity index (χ4n) is 5.56. The molecule has 1 aliphatic heterocycles. The highest BCUT2D eigenvalue weighted by Gasteiger charge is 2.18. The molecule has 40 heavy (non-hydrogen) atoms. The zero-order chi connectivity index (χ0) is 27.5. The van der Waals surface area contributed by atoms with Crippen molar-refractivity contribution in [1.29, 1.82) is 0 Å². The quantitative estimate of drug-likeness (QED) is 0.208. The molecular formula is C33H32Cl2N4O. The van der Waals surface area contributed by atoms with Crippen molar-refractivity contribution in [2.24, 2.45) is 4.99 Å². The second-order valence-electron chi connectivity index (χ2n) is 10.5. The fourth-order valence-corrected chi connectivity index (χ4v) is 5.82. The Morgan fingerprint density at radius 3 is 2.20 bits per heavy atom. The Morgan fingerprint density at radius 2 is 1.50 bits per heavy atom. The van der Waals surface area contributed by atoms with Crippen molar-refractivity contribution in [3.05, 3.63) is 99.8 Å². The van der Waals surface area contributed by atoms with Gasteiger partial charge >= 0.3 is 0 Å². The number of rotatable bonds is 5. The first-order chi connectivity index (χ1) is 19.6. The maximum absolute atomic E-state index is 9.80. The molecule has 204 valence electrons. The van der Waals surface area contributed by atoms with Gasteiger partial charge in [0.1, 0.15) is 0 Å². The van der Waals surface area contributed by atoms with E-state index < -0.39 is 0 Å². The monoisotopic (exact) mass is 570 g/mol. The smallest absolute Gasteiger partial charge is 0.0900 e. The summed E-state index contributed by atoms with van der Waals surface area (Å²) in [6.45, 7) is -0.0425. The normalized spacial score (nSPS) is 15.3. The van der Waals surface area contributed by atoms with E-state index in [0.29, 0.717) is 10.0 Å². The van der Waals surface area contributed by atoms with Crippen molar-refractivity contribution >= 4 is 45.6 Å². The molecule has 5 nitrogen and oxygen atoms in total. The molecule has 0 saturated heterocycles. The minimum atomic E-state index is -0.0425. The molecule has 0 radical (unpaired) electrons. The highest BCUT2D eigenvalue weighted by molar-refractivity contribution is 6.30. The SMILES string of the molecule is OCc1ccc2c(c1)nc1cc(Nc3ccc(Cl)cc3)/c(=N\C3CCCCCCC3)cc-1n2-c1ccc(Cl)cc1. The van der Waals surface area contributed by atoms with Crippen molar-refractivity contribution in [1.82, 2.24) is 9.55 Å². The number of halogens is 2. The molecule has 2 N–H and O–H groups in total. The van der Waals surface area contributed by atoms with Crippen molar-refractivity contribution in [3.63, 3.8) is 0 Å². The minimum Gasteiger partial charge on any atom is -0.392 e. The van der Waals surface area contributed by atoms with Crippen LogP contribution in [0.3, 0.4) is 0 Å². The number of hydrogen-bond donors (Lipinski definition) is 2. The summed E-state index contributed by atoms with van der Waals surface area (Å²) in [6, 6.07) is 26.0. The van der Waals surface area contributed by atoms with Crippen molar-refractivity contribution in [2.75, 3.05) is 5.32 Å². The van der Waals surface area contributed by atoms with Crippen LogP contribution in [0.2, 0.25) is 10.0 Å². The molecule has 0 aromatic heterocycles. The highest BCUT2D eigenvalue weighted by Crippen LogP contribution is 2.32. The number of anilines is 2. The van der Waals surface area contributed by atoms with Gasteiger partial charge in [-0.15, -0.1) is 0 Å². The maximum atomic E-state index is 9.80. The maximum Gasteiger partial charge on any atom is 0.0900 e. The number of hydrogen-bond acceptors (Lipinski definition) is 4. The standard InChI is InChI=1S/C33H32Cl2N4O/c34-23-9-13-26(14-10-23)37-28-19-31-33(20-29(28)36-25-6-4-2-1-3-5-7-25)39(27-15-11-24(35)12-16-27)32-17-8-22(21-40)18-30(32)38-31/h8-20,25,37,40H,1-7,21H2/b36-29-. The molecule has 3 aromatic carbocycles. The van der Waals surface area contributed by atoms with Crippen molar-refractivity contribution < 1.29 is 5.11 Å². The summed E-state index contributed by atoms with van der Waals surface area (Å²) < 4.78 is 2.21. The Morgan fingerprint density at radius 1 is 0.825 bits per heavy atom. The Hall–Kier alpha value is -3.38. The average molecular weight is 572 g/mol. The first-order valence-electron chi connectivity index (χ1n) is 14.0. The van der Waals surface area contributed by atoms with E-state index in [9.17, 15) is 5.11 Å². The lowest BCUT2D eigenvalue weighted by Gasteiger charge is -2.21.